The monoisotopic (exact) mass is 440 g/mol. The maximum atomic E-state index is 12.5. The number of fused-ring (bicyclic) bond motifs is 1. The number of aromatic nitrogens is 3. The van der Waals surface area contributed by atoms with Gasteiger partial charge in [-0.2, -0.15) is 0 Å². The van der Waals surface area contributed by atoms with Gasteiger partial charge in [0.25, 0.3) is 0 Å². The largest absolute Gasteiger partial charge is 0.481 e. The summed E-state index contributed by atoms with van der Waals surface area (Å²) in [5.74, 6) is 1.63. The lowest BCUT2D eigenvalue weighted by molar-refractivity contribution is -0.139. The van der Waals surface area contributed by atoms with E-state index in [1.165, 1.54) is 5.57 Å². The molecule has 7 heteroatoms. The molecule has 7 nitrogen and oxygen atoms in total. The van der Waals surface area contributed by atoms with Crippen LogP contribution in [0.4, 0.5) is 0 Å². The van der Waals surface area contributed by atoms with E-state index < -0.39 is 11.4 Å². The number of allylic oxidation sites excluding steroid dienone is 1. The Hall–Kier alpha value is -2.70. The molecule has 3 unspecified atom stereocenters. The van der Waals surface area contributed by atoms with E-state index in [0.29, 0.717) is 24.3 Å². The molecule has 3 N–H and O–H groups in total. The Morgan fingerprint density at radius 1 is 1.31 bits per heavy atom. The summed E-state index contributed by atoms with van der Waals surface area (Å²) in [6.07, 6.45) is 6.18. The molecule has 0 radical (unpaired) electrons. The number of carboxylic acid groups (broad SMARTS) is 1. The summed E-state index contributed by atoms with van der Waals surface area (Å²) < 4.78 is 0. The fourth-order valence-corrected chi connectivity index (χ4v) is 4.93. The van der Waals surface area contributed by atoms with E-state index in [1.807, 2.05) is 26.0 Å². The second kappa shape index (κ2) is 9.84. The molecule has 0 saturated heterocycles. The first-order valence-corrected chi connectivity index (χ1v) is 11.5. The van der Waals surface area contributed by atoms with Gasteiger partial charge in [0.15, 0.2) is 5.65 Å². The zero-order valence-electron chi connectivity index (χ0n) is 19.8. The molecule has 2 aromatic heterocycles. The van der Waals surface area contributed by atoms with E-state index in [2.05, 4.69) is 47.1 Å². The van der Waals surface area contributed by atoms with Crippen LogP contribution in [0.15, 0.2) is 30.0 Å². The van der Waals surface area contributed by atoms with Crippen LogP contribution in [-0.2, 0) is 16.0 Å². The fourth-order valence-electron chi connectivity index (χ4n) is 4.93. The molecule has 174 valence electrons. The molecule has 3 rings (SSSR count). The van der Waals surface area contributed by atoms with Gasteiger partial charge in [0.05, 0.1) is 11.9 Å². The number of hydrogen-bond acceptors (Lipinski definition) is 4. The van der Waals surface area contributed by atoms with Gasteiger partial charge in [-0.3, -0.25) is 9.59 Å². The van der Waals surface area contributed by atoms with Crippen LogP contribution in [-0.4, -0.2) is 38.5 Å². The number of imidazole rings is 1. The predicted molar refractivity (Wildman–Crippen MR) is 125 cm³/mol. The topological polar surface area (TPSA) is 108 Å². The van der Waals surface area contributed by atoms with Gasteiger partial charge in [-0.05, 0) is 54.6 Å². The molecule has 2 heterocycles. The van der Waals surface area contributed by atoms with E-state index in [9.17, 15) is 9.59 Å². The van der Waals surface area contributed by atoms with Crippen LogP contribution in [0.25, 0.3) is 11.2 Å². The number of rotatable bonds is 9. The highest BCUT2D eigenvalue weighted by atomic mass is 16.4. The van der Waals surface area contributed by atoms with E-state index in [1.54, 1.807) is 6.20 Å². The van der Waals surface area contributed by atoms with Crippen molar-refractivity contribution in [3.05, 3.63) is 35.8 Å². The number of H-pyrrole nitrogens is 1. The van der Waals surface area contributed by atoms with Crippen LogP contribution in [0.2, 0.25) is 0 Å². The summed E-state index contributed by atoms with van der Waals surface area (Å²) in [5, 5.41) is 12.1. The van der Waals surface area contributed by atoms with Crippen LogP contribution in [0.1, 0.15) is 59.7 Å². The molecule has 0 aliphatic heterocycles. The predicted octanol–water partition coefficient (Wildman–Crippen LogP) is 4.36. The molecule has 3 atom stereocenters. The molecule has 0 aromatic carbocycles. The van der Waals surface area contributed by atoms with Crippen LogP contribution in [0.5, 0.6) is 0 Å². The van der Waals surface area contributed by atoms with E-state index in [0.717, 1.165) is 29.8 Å². The van der Waals surface area contributed by atoms with Crippen molar-refractivity contribution in [3.63, 3.8) is 0 Å². The summed E-state index contributed by atoms with van der Waals surface area (Å²) in [6.45, 7) is 10.9. The summed E-state index contributed by atoms with van der Waals surface area (Å²) >= 11 is 0. The number of carbonyl (C=O) groups excluding carboxylic acids is 1. The first-order chi connectivity index (χ1) is 15.0. The van der Waals surface area contributed by atoms with Gasteiger partial charge in [0.2, 0.25) is 5.91 Å². The van der Waals surface area contributed by atoms with Gasteiger partial charge in [0.1, 0.15) is 5.82 Å². The third-order valence-electron chi connectivity index (χ3n) is 6.63. The Balaban J connectivity index is 1.64. The van der Waals surface area contributed by atoms with Crippen molar-refractivity contribution in [2.45, 2.75) is 60.3 Å². The Kier molecular flexibility index (Phi) is 7.36. The van der Waals surface area contributed by atoms with E-state index >= 15 is 0 Å². The second-order valence-electron chi connectivity index (χ2n) is 10.4. The Bertz CT molecular complexity index is 959. The van der Waals surface area contributed by atoms with Crippen molar-refractivity contribution in [3.8, 4) is 0 Å². The molecular formula is C25H36N4O3. The van der Waals surface area contributed by atoms with Crippen LogP contribution >= 0.6 is 0 Å². The number of nitrogens with zero attached hydrogens (tertiary/aromatic N) is 2. The van der Waals surface area contributed by atoms with Crippen molar-refractivity contribution in [2.24, 2.45) is 29.1 Å². The summed E-state index contributed by atoms with van der Waals surface area (Å²) in [7, 11) is 0. The fraction of sp³-hybridized carbons (Fsp3) is 0.600. The molecule has 2 aromatic rings. The molecule has 1 amide bonds. The quantitative estimate of drug-likeness (QED) is 0.502. The Morgan fingerprint density at radius 2 is 2.06 bits per heavy atom. The third kappa shape index (κ3) is 6.17. The number of nitrogens with one attached hydrogen (secondary N) is 2. The first kappa shape index (κ1) is 24.0. The minimum atomic E-state index is -0.875. The zero-order valence-corrected chi connectivity index (χ0v) is 19.8. The second-order valence-corrected chi connectivity index (χ2v) is 10.4. The van der Waals surface area contributed by atoms with Crippen molar-refractivity contribution in [1.29, 1.82) is 0 Å². The number of amides is 1. The highest BCUT2D eigenvalue weighted by Gasteiger charge is 2.33. The van der Waals surface area contributed by atoms with Crippen LogP contribution in [0, 0.1) is 29.1 Å². The standard InChI is InChI=1S/C25H36N4O3/c1-15(2)19-10-17(11-21-28-20-7-6-8-26-24(20)29-21)16(3)9-18(19)14-27-22(30)12-25(4,5)13-23(31)32/h6-9,15,17-19H,10-14H2,1-5H3,(H,27,30)(H,31,32)(H,26,28,29). The van der Waals surface area contributed by atoms with Gasteiger partial charge in [-0.15, -0.1) is 0 Å². The average molecular weight is 441 g/mol. The molecule has 32 heavy (non-hydrogen) atoms. The van der Waals surface area contributed by atoms with Crippen molar-refractivity contribution in [1.82, 2.24) is 20.3 Å². The third-order valence-corrected chi connectivity index (χ3v) is 6.63. The summed E-state index contributed by atoms with van der Waals surface area (Å²) in [6, 6.07) is 3.91. The molecule has 0 spiro atoms. The number of hydrogen-bond donors (Lipinski definition) is 3. The van der Waals surface area contributed by atoms with Gasteiger partial charge in [0, 0.05) is 25.6 Å². The Labute approximate surface area is 190 Å². The summed E-state index contributed by atoms with van der Waals surface area (Å²) in [5.41, 5.74) is 2.50. The molecule has 0 saturated carbocycles. The maximum Gasteiger partial charge on any atom is 0.303 e. The molecular weight excluding hydrogens is 404 g/mol. The van der Waals surface area contributed by atoms with Gasteiger partial charge >= 0.3 is 5.97 Å². The number of aliphatic carboxylic acids is 1. The zero-order chi connectivity index (χ0) is 23.5. The van der Waals surface area contributed by atoms with Gasteiger partial charge < -0.3 is 15.4 Å². The minimum Gasteiger partial charge on any atom is -0.481 e. The summed E-state index contributed by atoms with van der Waals surface area (Å²) in [4.78, 5) is 35.9. The van der Waals surface area contributed by atoms with Gasteiger partial charge in [-0.1, -0.05) is 39.3 Å². The lowest BCUT2D eigenvalue weighted by Crippen LogP contribution is -2.38. The molecule has 1 aliphatic carbocycles. The highest BCUT2D eigenvalue weighted by Crippen LogP contribution is 2.38. The number of pyridine rings is 1. The van der Waals surface area contributed by atoms with Crippen molar-refractivity contribution < 1.29 is 14.7 Å². The number of carboxylic acids is 1. The molecule has 0 bridgehead atoms. The normalized spacial score (nSPS) is 21.6. The molecule has 1 aliphatic rings. The van der Waals surface area contributed by atoms with Crippen molar-refractivity contribution in [2.75, 3.05) is 6.54 Å². The Morgan fingerprint density at radius 3 is 2.72 bits per heavy atom. The number of carbonyl (C=O) groups is 2. The van der Waals surface area contributed by atoms with Crippen LogP contribution < -0.4 is 5.32 Å². The van der Waals surface area contributed by atoms with Crippen molar-refractivity contribution >= 4 is 23.0 Å². The lowest BCUT2D eigenvalue weighted by Gasteiger charge is -2.37. The molecule has 0 fully saturated rings. The van der Waals surface area contributed by atoms with E-state index in [4.69, 9.17) is 5.11 Å². The first-order valence-electron chi connectivity index (χ1n) is 11.5. The SMILES string of the molecule is CC1=CC(CNC(=O)CC(C)(C)CC(=O)O)C(C(C)C)CC1Cc1nc2ncccc2[nH]1. The lowest BCUT2D eigenvalue weighted by atomic mass is 9.69. The maximum absolute atomic E-state index is 12.5. The highest BCUT2D eigenvalue weighted by molar-refractivity contribution is 5.78. The van der Waals surface area contributed by atoms with Crippen LogP contribution in [0.3, 0.4) is 0 Å². The minimum absolute atomic E-state index is 0.0174. The van der Waals surface area contributed by atoms with E-state index in [-0.39, 0.29) is 24.7 Å². The average Bonchev–Trinajstić information content (AvgIpc) is 3.08. The smallest absolute Gasteiger partial charge is 0.303 e. The number of aromatic amines is 1. The van der Waals surface area contributed by atoms with Gasteiger partial charge in [-0.25, -0.2) is 9.97 Å².